The molecule has 0 radical (unpaired) electrons. The molecule has 1 aromatic heterocycles. The largest absolute Gasteiger partial charge is 0.497 e. The lowest BCUT2D eigenvalue weighted by Gasteiger charge is -2.17. The van der Waals surface area contributed by atoms with Gasteiger partial charge in [-0.2, -0.15) is 4.99 Å². The van der Waals surface area contributed by atoms with Crippen molar-refractivity contribution in [1.82, 2.24) is 14.8 Å². The standard InChI is InChI=1S/C19H26N4O3S/c1-5-16(18(25)20-9-10-22(2)3)23-11-12-27-19(23)21-17(24)14-7-6-8-15(13-14)26-4/h6-8,11-13,16H,5,9-10H2,1-4H3,(H,20,25). The predicted octanol–water partition coefficient (Wildman–Crippen LogP) is 1.93. The zero-order valence-electron chi connectivity index (χ0n) is 16.1. The second-order valence-electron chi connectivity index (χ2n) is 6.26. The van der Waals surface area contributed by atoms with Crippen LogP contribution in [-0.2, 0) is 4.79 Å². The van der Waals surface area contributed by atoms with Gasteiger partial charge in [-0.25, -0.2) is 0 Å². The van der Waals surface area contributed by atoms with Crippen LogP contribution in [0.5, 0.6) is 5.75 Å². The molecule has 1 aromatic carbocycles. The number of carbonyl (C=O) groups is 2. The predicted molar refractivity (Wildman–Crippen MR) is 106 cm³/mol. The van der Waals surface area contributed by atoms with Crippen molar-refractivity contribution in [2.45, 2.75) is 19.4 Å². The summed E-state index contributed by atoms with van der Waals surface area (Å²) in [5.74, 6) is 0.155. The molecule has 1 heterocycles. The van der Waals surface area contributed by atoms with Gasteiger partial charge in [0, 0.05) is 30.2 Å². The highest BCUT2D eigenvalue weighted by atomic mass is 32.1. The molecule has 0 aliphatic rings. The summed E-state index contributed by atoms with van der Waals surface area (Å²) >= 11 is 1.33. The Hall–Kier alpha value is -2.45. The number of ether oxygens (including phenoxy) is 1. The number of benzene rings is 1. The monoisotopic (exact) mass is 390 g/mol. The highest BCUT2D eigenvalue weighted by Crippen LogP contribution is 2.14. The number of carbonyl (C=O) groups excluding carboxylic acids is 2. The first-order chi connectivity index (χ1) is 13.0. The number of hydrogen-bond acceptors (Lipinski definition) is 5. The van der Waals surface area contributed by atoms with Gasteiger partial charge in [-0.05, 0) is 38.7 Å². The van der Waals surface area contributed by atoms with Crippen molar-refractivity contribution in [3.05, 3.63) is 46.2 Å². The zero-order valence-corrected chi connectivity index (χ0v) is 17.0. The van der Waals surface area contributed by atoms with E-state index in [9.17, 15) is 9.59 Å². The third-order valence-electron chi connectivity index (χ3n) is 4.01. The van der Waals surface area contributed by atoms with Crippen molar-refractivity contribution in [2.75, 3.05) is 34.3 Å². The van der Waals surface area contributed by atoms with E-state index in [4.69, 9.17) is 4.74 Å². The Morgan fingerprint density at radius 1 is 1.37 bits per heavy atom. The first-order valence-corrected chi connectivity index (χ1v) is 9.65. The molecule has 1 unspecified atom stereocenters. The Morgan fingerprint density at radius 2 is 2.15 bits per heavy atom. The van der Waals surface area contributed by atoms with Gasteiger partial charge >= 0.3 is 0 Å². The van der Waals surface area contributed by atoms with Crippen molar-refractivity contribution in [3.8, 4) is 5.75 Å². The Bertz CT molecular complexity index is 841. The number of likely N-dealkylation sites (N-methyl/N-ethyl adjacent to an activating group) is 1. The lowest BCUT2D eigenvalue weighted by molar-refractivity contribution is -0.124. The molecule has 0 saturated heterocycles. The second kappa shape index (κ2) is 10.0. The summed E-state index contributed by atoms with van der Waals surface area (Å²) in [5, 5.41) is 4.77. The van der Waals surface area contributed by atoms with E-state index in [1.165, 1.54) is 11.3 Å². The molecule has 2 aromatic rings. The summed E-state index contributed by atoms with van der Waals surface area (Å²) < 4.78 is 6.91. The van der Waals surface area contributed by atoms with Gasteiger partial charge in [0.2, 0.25) is 5.91 Å². The minimum absolute atomic E-state index is 0.0759. The average molecular weight is 391 g/mol. The van der Waals surface area contributed by atoms with Crippen LogP contribution in [0.1, 0.15) is 29.7 Å². The molecule has 0 aliphatic carbocycles. The van der Waals surface area contributed by atoms with Crippen LogP contribution >= 0.6 is 11.3 Å². The van der Waals surface area contributed by atoms with Gasteiger partial charge in [0.25, 0.3) is 5.91 Å². The Labute approximate surface area is 163 Å². The van der Waals surface area contributed by atoms with E-state index in [2.05, 4.69) is 10.3 Å². The number of nitrogens with one attached hydrogen (secondary N) is 1. The highest BCUT2D eigenvalue weighted by molar-refractivity contribution is 7.07. The topological polar surface area (TPSA) is 75.9 Å². The number of thiazole rings is 1. The molecule has 2 rings (SSSR count). The fraction of sp³-hybridized carbons (Fsp3) is 0.421. The Kier molecular flexibility index (Phi) is 7.75. The summed E-state index contributed by atoms with van der Waals surface area (Å²) in [5.41, 5.74) is 0.442. The van der Waals surface area contributed by atoms with E-state index >= 15 is 0 Å². The van der Waals surface area contributed by atoms with E-state index in [0.29, 0.717) is 29.1 Å². The van der Waals surface area contributed by atoms with E-state index in [1.807, 2.05) is 31.3 Å². The molecule has 0 aliphatic heterocycles. The second-order valence-corrected chi connectivity index (χ2v) is 7.13. The van der Waals surface area contributed by atoms with Gasteiger partial charge < -0.3 is 19.5 Å². The van der Waals surface area contributed by atoms with Crippen LogP contribution < -0.4 is 14.9 Å². The number of hydrogen-bond donors (Lipinski definition) is 1. The van der Waals surface area contributed by atoms with Crippen LogP contribution in [0.2, 0.25) is 0 Å². The van der Waals surface area contributed by atoms with Gasteiger partial charge in [-0.3, -0.25) is 9.59 Å². The van der Waals surface area contributed by atoms with E-state index in [-0.39, 0.29) is 11.8 Å². The summed E-state index contributed by atoms with van der Waals surface area (Å²) in [6, 6.07) is 6.45. The van der Waals surface area contributed by atoms with Crippen molar-refractivity contribution in [2.24, 2.45) is 4.99 Å². The maximum Gasteiger partial charge on any atom is 0.279 e. The first-order valence-electron chi connectivity index (χ1n) is 8.77. The number of rotatable bonds is 8. The number of methoxy groups -OCH3 is 1. The number of amides is 2. The summed E-state index contributed by atoms with van der Waals surface area (Å²) in [6.07, 6.45) is 2.40. The van der Waals surface area contributed by atoms with E-state index in [1.54, 1.807) is 42.1 Å². The molecule has 27 heavy (non-hydrogen) atoms. The fourth-order valence-corrected chi connectivity index (χ4v) is 3.30. The third-order valence-corrected chi connectivity index (χ3v) is 4.78. The zero-order chi connectivity index (χ0) is 19.8. The number of nitrogens with zero attached hydrogens (tertiary/aromatic N) is 3. The first kappa shape index (κ1) is 20.9. The van der Waals surface area contributed by atoms with Crippen LogP contribution in [0.4, 0.5) is 0 Å². The molecule has 7 nitrogen and oxygen atoms in total. The molecule has 8 heteroatoms. The molecule has 0 spiro atoms. The molecule has 1 N–H and O–H groups in total. The molecule has 2 amide bonds. The van der Waals surface area contributed by atoms with Crippen LogP contribution in [0.3, 0.4) is 0 Å². The fourth-order valence-electron chi connectivity index (χ4n) is 2.54. The molecular weight excluding hydrogens is 364 g/mol. The summed E-state index contributed by atoms with van der Waals surface area (Å²) in [7, 11) is 5.46. The van der Waals surface area contributed by atoms with E-state index in [0.717, 1.165) is 6.54 Å². The average Bonchev–Trinajstić information content (AvgIpc) is 3.10. The van der Waals surface area contributed by atoms with E-state index < -0.39 is 6.04 Å². The quantitative estimate of drug-likeness (QED) is 0.747. The van der Waals surface area contributed by atoms with Gasteiger partial charge in [-0.15, -0.1) is 11.3 Å². The van der Waals surface area contributed by atoms with Crippen molar-refractivity contribution in [1.29, 1.82) is 0 Å². The smallest absolute Gasteiger partial charge is 0.279 e. The SMILES string of the molecule is CCC(C(=O)NCCN(C)C)n1ccsc1=NC(=O)c1cccc(OC)c1. The van der Waals surface area contributed by atoms with Crippen LogP contribution in [0.15, 0.2) is 40.8 Å². The maximum atomic E-state index is 12.6. The maximum absolute atomic E-state index is 12.6. The number of aromatic nitrogens is 1. The van der Waals surface area contributed by atoms with Crippen molar-refractivity contribution in [3.63, 3.8) is 0 Å². The van der Waals surface area contributed by atoms with Crippen LogP contribution in [0.25, 0.3) is 0 Å². The molecule has 0 bridgehead atoms. The molecule has 0 fully saturated rings. The highest BCUT2D eigenvalue weighted by Gasteiger charge is 2.19. The molecular formula is C19H26N4O3S. The van der Waals surface area contributed by atoms with Gasteiger partial charge in [0.1, 0.15) is 11.8 Å². The minimum Gasteiger partial charge on any atom is -0.497 e. The van der Waals surface area contributed by atoms with Crippen LogP contribution in [0, 0.1) is 0 Å². The molecule has 0 saturated carbocycles. The lowest BCUT2D eigenvalue weighted by Crippen LogP contribution is -2.38. The van der Waals surface area contributed by atoms with Gasteiger partial charge in [0.15, 0.2) is 4.80 Å². The summed E-state index contributed by atoms with van der Waals surface area (Å²) in [6.45, 7) is 3.28. The van der Waals surface area contributed by atoms with Crippen molar-refractivity contribution >= 4 is 23.2 Å². The van der Waals surface area contributed by atoms with Crippen molar-refractivity contribution < 1.29 is 14.3 Å². The minimum atomic E-state index is -0.407. The normalized spacial score (nSPS) is 12.9. The molecule has 146 valence electrons. The van der Waals surface area contributed by atoms with Crippen LogP contribution in [-0.4, -0.2) is 55.6 Å². The third kappa shape index (κ3) is 5.77. The Balaban J connectivity index is 2.22. The summed E-state index contributed by atoms with van der Waals surface area (Å²) in [4.78, 5) is 31.8. The van der Waals surface area contributed by atoms with Gasteiger partial charge in [-0.1, -0.05) is 13.0 Å². The van der Waals surface area contributed by atoms with Gasteiger partial charge in [0.05, 0.1) is 7.11 Å². The molecule has 1 atom stereocenters. The Morgan fingerprint density at radius 3 is 2.81 bits per heavy atom. The lowest BCUT2D eigenvalue weighted by atomic mass is 10.2.